The molecular weight excluding hydrogens is 517 g/mol. The molecule has 1 heterocycles. The molecule has 0 saturated carbocycles. The van der Waals surface area contributed by atoms with Crippen molar-refractivity contribution in [3.63, 3.8) is 0 Å². The standard InChI is InChI=1S/C27H21Cl2N3O5/c1-15-5-3-6-18(11-15)30-24(33)14-37-23-10-9-17(13-21(23)29)12-19-25(34)31-27(36)32(26(19)35)22-8-4-7-20(28)16(22)2/h3-13H,14H2,1-2H3,(H,30,33)(H,31,34,36)/b19-12+. The molecule has 0 aliphatic carbocycles. The Morgan fingerprint density at radius 1 is 1.00 bits per heavy atom. The van der Waals surface area contributed by atoms with E-state index in [1.54, 1.807) is 37.3 Å². The molecule has 0 spiro atoms. The van der Waals surface area contributed by atoms with Crippen LogP contribution in [0.4, 0.5) is 16.2 Å². The number of carbonyl (C=O) groups excluding carboxylic acids is 4. The number of benzene rings is 3. The van der Waals surface area contributed by atoms with Gasteiger partial charge in [0.15, 0.2) is 6.61 Å². The molecule has 3 aromatic carbocycles. The summed E-state index contributed by atoms with van der Waals surface area (Å²) in [7, 11) is 0. The van der Waals surface area contributed by atoms with Crippen LogP contribution < -0.4 is 20.3 Å². The Morgan fingerprint density at radius 2 is 1.76 bits per heavy atom. The lowest BCUT2D eigenvalue weighted by Crippen LogP contribution is -2.54. The van der Waals surface area contributed by atoms with Crippen LogP contribution in [0.15, 0.2) is 66.2 Å². The maximum atomic E-state index is 13.1. The second-order valence-corrected chi connectivity index (χ2v) is 9.05. The summed E-state index contributed by atoms with van der Waals surface area (Å²) < 4.78 is 5.53. The number of nitrogens with one attached hydrogen (secondary N) is 2. The summed E-state index contributed by atoms with van der Waals surface area (Å²) >= 11 is 12.5. The zero-order valence-corrected chi connectivity index (χ0v) is 21.3. The van der Waals surface area contributed by atoms with Gasteiger partial charge in [0, 0.05) is 10.7 Å². The van der Waals surface area contributed by atoms with Crippen LogP contribution >= 0.6 is 23.2 Å². The summed E-state index contributed by atoms with van der Waals surface area (Å²) in [5.74, 6) is -1.76. The molecule has 0 aromatic heterocycles. The number of barbiturate groups is 1. The van der Waals surface area contributed by atoms with E-state index in [9.17, 15) is 19.2 Å². The molecule has 10 heteroatoms. The van der Waals surface area contributed by atoms with E-state index in [-0.39, 0.29) is 34.5 Å². The van der Waals surface area contributed by atoms with Crippen molar-refractivity contribution in [2.75, 3.05) is 16.8 Å². The van der Waals surface area contributed by atoms with Gasteiger partial charge in [0.05, 0.1) is 10.7 Å². The molecule has 1 fully saturated rings. The highest BCUT2D eigenvalue weighted by molar-refractivity contribution is 6.40. The second kappa shape index (κ2) is 10.9. The van der Waals surface area contributed by atoms with E-state index >= 15 is 0 Å². The number of urea groups is 1. The molecule has 188 valence electrons. The van der Waals surface area contributed by atoms with E-state index in [1.807, 2.05) is 25.1 Å². The third-order valence-electron chi connectivity index (χ3n) is 5.51. The summed E-state index contributed by atoms with van der Waals surface area (Å²) in [6.07, 6.45) is 1.32. The zero-order chi connectivity index (χ0) is 26.7. The fourth-order valence-corrected chi connectivity index (χ4v) is 4.08. The van der Waals surface area contributed by atoms with E-state index in [0.29, 0.717) is 21.8 Å². The highest BCUT2D eigenvalue weighted by Gasteiger charge is 2.37. The van der Waals surface area contributed by atoms with Gasteiger partial charge in [0.2, 0.25) is 0 Å². The number of anilines is 2. The molecule has 3 aromatic rings. The first-order chi connectivity index (χ1) is 17.6. The normalized spacial score (nSPS) is 14.5. The van der Waals surface area contributed by atoms with Gasteiger partial charge in [0.1, 0.15) is 11.3 Å². The van der Waals surface area contributed by atoms with Crippen molar-refractivity contribution < 1.29 is 23.9 Å². The summed E-state index contributed by atoms with van der Waals surface area (Å²) in [5.41, 5.74) is 2.58. The smallest absolute Gasteiger partial charge is 0.335 e. The topological polar surface area (TPSA) is 105 Å². The number of amides is 5. The largest absolute Gasteiger partial charge is 0.482 e. The molecule has 8 nitrogen and oxygen atoms in total. The van der Waals surface area contributed by atoms with Gasteiger partial charge in [-0.05, 0) is 73.0 Å². The van der Waals surface area contributed by atoms with Gasteiger partial charge in [-0.3, -0.25) is 19.7 Å². The Bertz CT molecular complexity index is 1470. The van der Waals surface area contributed by atoms with E-state index in [1.165, 1.54) is 18.2 Å². The minimum absolute atomic E-state index is 0.167. The monoisotopic (exact) mass is 537 g/mol. The highest BCUT2D eigenvalue weighted by Crippen LogP contribution is 2.31. The van der Waals surface area contributed by atoms with Gasteiger partial charge in [-0.25, -0.2) is 9.69 Å². The number of rotatable bonds is 6. The number of imide groups is 2. The Morgan fingerprint density at radius 3 is 2.49 bits per heavy atom. The van der Waals surface area contributed by atoms with Gasteiger partial charge < -0.3 is 10.1 Å². The van der Waals surface area contributed by atoms with Gasteiger partial charge in [-0.2, -0.15) is 0 Å². The van der Waals surface area contributed by atoms with Crippen LogP contribution in [0, 0.1) is 13.8 Å². The van der Waals surface area contributed by atoms with Crippen LogP contribution in [0.5, 0.6) is 5.75 Å². The predicted octanol–water partition coefficient (Wildman–Crippen LogP) is 5.29. The molecule has 1 aliphatic rings. The van der Waals surface area contributed by atoms with Crippen LogP contribution in [0.1, 0.15) is 16.7 Å². The highest BCUT2D eigenvalue weighted by atomic mass is 35.5. The van der Waals surface area contributed by atoms with Crippen molar-refractivity contribution >= 4 is 64.4 Å². The molecule has 2 N–H and O–H groups in total. The summed E-state index contributed by atoms with van der Waals surface area (Å²) in [6, 6.07) is 15.8. The van der Waals surface area contributed by atoms with E-state index in [0.717, 1.165) is 10.5 Å². The first-order valence-electron chi connectivity index (χ1n) is 11.1. The third kappa shape index (κ3) is 5.82. The molecule has 0 bridgehead atoms. The lowest BCUT2D eigenvalue weighted by molar-refractivity contribution is -0.122. The molecule has 5 amide bonds. The van der Waals surface area contributed by atoms with Crippen molar-refractivity contribution in [1.82, 2.24) is 5.32 Å². The number of aryl methyl sites for hydroxylation is 1. The maximum Gasteiger partial charge on any atom is 0.335 e. The Hall–Kier alpha value is -4.14. The number of carbonyl (C=O) groups is 4. The van der Waals surface area contributed by atoms with Crippen molar-refractivity contribution in [2.24, 2.45) is 0 Å². The van der Waals surface area contributed by atoms with Gasteiger partial charge in [-0.1, -0.05) is 47.5 Å². The average molecular weight is 538 g/mol. The van der Waals surface area contributed by atoms with Crippen molar-refractivity contribution in [3.05, 3.63) is 93.0 Å². The molecule has 1 aliphatic heterocycles. The van der Waals surface area contributed by atoms with Crippen molar-refractivity contribution in [2.45, 2.75) is 13.8 Å². The van der Waals surface area contributed by atoms with Crippen LogP contribution in [0.2, 0.25) is 10.0 Å². The fraction of sp³-hybridized carbons (Fsp3) is 0.111. The minimum atomic E-state index is -0.872. The van der Waals surface area contributed by atoms with E-state index in [4.69, 9.17) is 27.9 Å². The molecule has 37 heavy (non-hydrogen) atoms. The van der Waals surface area contributed by atoms with Crippen molar-refractivity contribution in [1.29, 1.82) is 0 Å². The maximum absolute atomic E-state index is 13.1. The van der Waals surface area contributed by atoms with Gasteiger partial charge in [0.25, 0.3) is 17.7 Å². The first-order valence-corrected chi connectivity index (χ1v) is 11.8. The molecule has 0 unspecified atom stereocenters. The molecule has 1 saturated heterocycles. The van der Waals surface area contributed by atoms with Crippen molar-refractivity contribution in [3.8, 4) is 5.75 Å². The predicted molar refractivity (Wildman–Crippen MR) is 142 cm³/mol. The average Bonchev–Trinajstić information content (AvgIpc) is 2.84. The van der Waals surface area contributed by atoms with Crippen LogP contribution in [0.25, 0.3) is 6.08 Å². The number of ether oxygens (including phenoxy) is 1. The van der Waals surface area contributed by atoms with Gasteiger partial charge >= 0.3 is 6.03 Å². The quantitative estimate of drug-likeness (QED) is 0.328. The van der Waals surface area contributed by atoms with Crippen LogP contribution in [-0.4, -0.2) is 30.4 Å². The number of nitrogens with zero attached hydrogens (tertiary/aromatic N) is 1. The minimum Gasteiger partial charge on any atom is -0.482 e. The van der Waals surface area contributed by atoms with E-state index < -0.39 is 17.8 Å². The van der Waals surface area contributed by atoms with Crippen LogP contribution in [-0.2, 0) is 14.4 Å². The fourth-order valence-electron chi connectivity index (χ4n) is 3.67. The Kier molecular flexibility index (Phi) is 7.61. The van der Waals surface area contributed by atoms with Gasteiger partial charge in [-0.15, -0.1) is 0 Å². The lowest BCUT2D eigenvalue weighted by Gasteiger charge is -2.27. The lowest BCUT2D eigenvalue weighted by atomic mass is 10.1. The molecular formula is C27H21Cl2N3O5. The molecule has 4 rings (SSSR count). The first kappa shape index (κ1) is 25.9. The summed E-state index contributed by atoms with van der Waals surface area (Å²) in [4.78, 5) is 51.2. The van der Waals surface area contributed by atoms with Crippen LogP contribution in [0.3, 0.4) is 0 Å². The number of halogens is 2. The summed E-state index contributed by atoms with van der Waals surface area (Å²) in [5, 5.41) is 5.45. The second-order valence-electron chi connectivity index (χ2n) is 8.24. The number of hydrogen-bond acceptors (Lipinski definition) is 5. The molecule has 0 radical (unpaired) electrons. The Labute approximate surface area is 222 Å². The zero-order valence-electron chi connectivity index (χ0n) is 19.8. The third-order valence-corrected chi connectivity index (χ3v) is 6.21. The Balaban J connectivity index is 1.50. The molecule has 0 atom stereocenters. The van der Waals surface area contributed by atoms with E-state index in [2.05, 4.69) is 10.6 Å². The number of hydrogen-bond donors (Lipinski definition) is 2. The SMILES string of the molecule is Cc1cccc(NC(=O)COc2ccc(/C=C3\C(=O)NC(=O)N(c4cccc(Cl)c4C)C3=O)cc2Cl)c1. The summed E-state index contributed by atoms with van der Waals surface area (Å²) in [6.45, 7) is 3.31.